The zero-order valence-corrected chi connectivity index (χ0v) is 14.3. The number of nitrogens with one attached hydrogen (secondary N) is 3. The fourth-order valence-corrected chi connectivity index (χ4v) is 2.89. The number of hydrogen-bond acceptors (Lipinski definition) is 4. The van der Waals surface area contributed by atoms with Crippen molar-refractivity contribution in [3.63, 3.8) is 0 Å². The van der Waals surface area contributed by atoms with Crippen LogP contribution in [0.3, 0.4) is 0 Å². The van der Waals surface area contributed by atoms with E-state index in [-0.39, 0.29) is 24.3 Å². The lowest BCUT2D eigenvalue weighted by Gasteiger charge is -2.30. The molecule has 8 nitrogen and oxygen atoms in total. The van der Waals surface area contributed by atoms with Crippen LogP contribution in [0.2, 0.25) is 0 Å². The molecule has 2 aromatic rings. The third kappa shape index (κ3) is 3.86. The summed E-state index contributed by atoms with van der Waals surface area (Å²) in [5, 5.41) is 11.1. The molecule has 1 atom stereocenters. The first kappa shape index (κ1) is 18.7. The van der Waals surface area contributed by atoms with Gasteiger partial charge >= 0.3 is 12.2 Å². The fraction of sp³-hybridized carbons (Fsp3) is 0.375. The predicted octanol–water partition coefficient (Wildman–Crippen LogP) is 1.54. The molecule has 0 bridgehead atoms. The summed E-state index contributed by atoms with van der Waals surface area (Å²) in [6.07, 6.45) is -1.91. The van der Waals surface area contributed by atoms with Crippen LogP contribution < -0.4 is 10.6 Å². The van der Waals surface area contributed by atoms with Crippen LogP contribution in [0.4, 0.5) is 18.0 Å². The Kier molecular flexibility index (Phi) is 5.02. The molecule has 3 amide bonds. The van der Waals surface area contributed by atoms with Crippen LogP contribution in [0.15, 0.2) is 24.5 Å². The maximum atomic E-state index is 13.4. The highest BCUT2D eigenvalue weighted by Crippen LogP contribution is 2.32. The third-order valence-corrected chi connectivity index (χ3v) is 4.28. The molecule has 2 aromatic heterocycles. The van der Waals surface area contributed by atoms with E-state index >= 15 is 0 Å². The zero-order chi connectivity index (χ0) is 19.6. The molecule has 0 radical (unpaired) electrons. The molecule has 3 rings (SSSR count). The Balaban J connectivity index is 1.78. The van der Waals surface area contributed by atoms with Crippen molar-refractivity contribution in [2.24, 2.45) is 0 Å². The van der Waals surface area contributed by atoms with Crippen molar-refractivity contribution in [3.05, 3.63) is 47.0 Å². The van der Waals surface area contributed by atoms with Gasteiger partial charge in [-0.25, -0.2) is 4.79 Å². The summed E-state index contributed by atoms with van der Waals surface area (Å²) < 4.78 is 40.2. The van der Waals surface area contributed by atoms with E-state index in [0.717, 1.165) is 6.20 Å². The molecule has 0 fully saturated rings. The van der Waals surface area contributed by atoms with Gasteiger partial charge in [0.2, 0.25) is 0 Å². The maximum Gasteiger partial charge on any atom is 0.412 e. The molecule has 11 heteroatoms. The van der Waals surface area contributed by atoms with Crippen LogP contribution in [0, 0.1) is 0 Å². The van der Waals surface area contributed by atoms with Gasteiger partial charge in [0.05, 0.1) is 6.54 Å². The van der Waals surface area contributed by atoms with E-state index in [0.29, 0.717) is 17.7 Å². The van der Waals surface area contributed by atoms with Gasteiger partial charge in [0, 0.05) is 49.2 Å². The third-order valence-electron chi connectivity index (χ3n) is 4.28. The minimum Gasteiger partial charge on any atom is -0.354 e. The minimum atomic E-state index is -4.68. The number of pyridine rings is 1. The highest BCUT2D eigenvalue weighted by molar-refractivity contribution is 5.94. The molecule has 0 aliphatic carbocycles. The first-order chi connectivity index (χ1) is 12.8. The van der Waals surface area contributed by atoms with Crippen molar-refractivity contribution >= 4 is 11.9 Å². The van der Waals surface area contributed by atoms with Crippen LogP contribution >= 0.6 is 0 Å². The molecule has 3 N–H and O–H groups in total. The average Bonchev–Trinajstić information content (AvgIpc) is 3.08. The topological polar surface area (TPSA) is 103 Å². The van der Waals surface area contributed by atoms with E-state index in [1.807, 2.05) is 5.32 Å². The van der Waals surface area contributed by atoms with Gasteiger partial charge in [-0.1, -0.05) is 6.07 Å². The Labute approximate surface area is 152 Å². The predicted molar refractivity (Wildman–Crippen MR) is 87.7 cm³/mol. The van der Waals surface area contributed by atoms with E-state index in [1.165, 1.54) is 30.3 Å². The second kappa shape index (κ2) is 7.25. The summed E-state index contributed by atoms with van der Waals surface area (Å²) >= 11 is 0. The number of amides is 3. The van der Waals surface area contributed by atoms with Crippen LogP contribution in [-0.2, 0) is 13.0 Å². The lowest BCUT2D eigenvalue weighted by Crippen LogP contribution is -2.47. The Morgan fingerprint density at radius 1 is 1.37 bits per heavy atom. The van der Waals surface area contributed by atoms with E-state index in [9.17, 15) is 22.8 Å². The Morgan fingerprint density at radius 2 is 2.15 bits per heavy atom. The van der Waals surface area contributed by atoms with Crippen molar-refractivity contribution in [1.29, 1.82) is 0 Å². The first-order valence-corrected chi connectivity index (χ1v) is 8.11. The Morgan fingerprint density at radius 3 is 2.78 bits per heavy atom. The van der Waals surface area contributed by atoms with E-state index in [2.05, 4.69) is 20.5 Å². The van der Waals surface area contributed by atoms with Gasteiger partial charge in [0.15, 0.2) is 11.7 Å². The van der Waals surface area contributed by atoms with Gasteiger partial charge in [-0.05, 0) is 6.07 Å². The average molecular weight is 382 g/mol. The molecule has 0 saturated carbocycles. The first-order valence-electron chi connectivity index (χ1n) is 8.11. The number of urea groups is 1. The monoisotopic (exact) mass is 382 g/mol. The van der Waals surface area contributed by atoms with Gasteiger partial charge in [0.1, 0.15) is 0 Å². The smallest absolute Gasteiger partial charge is 0.354 e. The zero-order valence-electron chi connectivity index (χ0n) is 14.3. The van der Waals surface area contributed by atoms with Gasteiger partial charge in [-0.2, -0.15) is 18.3 Å². The molecule has 3 heterocycles. The number of rotatable bonds is 3. The summed E-state index contributed by atoms with van der Waals surface area (Å²) in [6, 6.07) is -0.438. The molecule has 1 aliphatic heterocycles. The molecule has 0 spiro atoms. The summed E-state index contributed by atoms with van der Waals surface area (Å²) in [5.74, 6) is -0.432. The van der Waals surface area contributed by atoms with Crippen molar-refractivity contribution in [1.82, 2.24) is 30.7 Å². The molecular formula is C16H17F3N6O2. The molecule has 27 heavy (non-hydrogen) atoms. The number of H-pyrrole nitrogens is 1. The number of alkyl halides is 3. The second-order valence-corrected chi connectivity index (χ2v) is 5.99. The van der Waals surface area contributed by atoms with Crippen LogP contribution in [0.5, 0.6) is 0 Å². The lowest BCUT2D eigenvalue weighted by molar-refractivity contribution is -0.155. The number of aromatic nitrogens is 3. The van der Waals surface area contributed by atoms with Gasteiger partial charge < -0.3 is 15.5 Å². The number of carbonyl (C=O) groups excluding carboxylic acids is 2. The van der Waals surface area contributed by atoms with Crippen LogP contribution in [0.25, 0.3) is 0 Å². The summed E-state index contributed by atoms with van der Waals surface area (Å²) in [7, 11) is 1.44. The maximum absolute atomic E-state index is 13.4. The summed E-state index contributed by atoms with van der Waals surface area (Å²) in [4.78, 5) is 29.2. The number of halogens is 3. The van der Waals surface area contributed by atoms with Crippen LogP contribution in [0.1, 0.15) is 33.4 Å². The quantitative estimate of drug-likeness (QED) is 0.749. The molecule has 0 saturated heterocycles. The summed E-state index contributed by atoms with van der Waals surface area (Å²) in [6.45, 7) is 0.184. The van der Waals surface area contributed by atoms with Crippen molar-refractivity contribution in [2.45, 2.75) is 25.2 Å². The highest BCUT2D eigenvalue weighted by atomic mass is 19.4. The SMILES string of the molecule is CNC(=O)c1n[nH]c2c1CN(C(=O)NC(c1cccnc1)C(F)(F)F)CC2. The van der Waals surface area contributed by atoms with Crippen molar-refractivity contribution in [2.75, 3.05) is 13.6 Å². The van der Waals surface area contributed by atoms with Gasteiger partial charge in [-0.3, -0.25) is 14.9 Å². The highest BCUT2D eigenvalue weighted by Gasteiger charge is 2.43. The Hall–Kier alpha value is -3.11. The normalized spacial score (nSPS) is 15.0. The number of aromatic amines is 1. The number of fused-ring (bicyclic) bond motifs is 1. The molecule has 144 valence electrons. The largest absolute Gasteiger partial charge is 0.412 e. The summed E-state index contributed by atoms with van der Waals surface area (Å²) in [5.41, 5.74) is 1.16. The van der Waals surface area contributed by atoms with Gasteiger partial charge in [-0.15, -0.1) is 0 Å². The van der Waals surface area contributed by atoms with Crippen LogP contribution in [-0.4, -0.2) is 51.8 Å². The lowest BCUT2D eigenvalue weighted by atomic mass is 10.0. The number of carbonyl (C=O) groups is 2. The fourth-order valence-electron chi connectivity index (χ4n) is 2.89. The van der Waals surface area contributed by atoms with Crippen molar-refractivity contribution < 1.29 is 22.8 Å². The van der Waals surface area contributed by atoms with Crippen molar-refractivity contribution in [3.8, 4) is 0 Å². The molecule has 1 unspecified atom stereocenters. The van der Waals surface area contributed by atoms with E-state index in [1.54, 1.807) is 0 Å². The minimum absolute atomic E-state index is 0.0158. The second-order valence-electron chi connectivity index (χ2n) is 5.99. The Bertz CT molecular complexity index is 836. The molecule has 1 aliphatic rings. The number of nitrogens with zero attached hydrogens (tertiary/aromatic N) is 3. The van der Waals surface area contributed by atoms with E-state index < -0.39 is 24.2 Å². The molecular weight excluding hydrogens is 365 g/mol. The van der Waals surface area contributed by atoms with E-state index in [4.69, 9.17) is 0 Å². The number of hydrogen-bond donors (Lipinski definition) is 3. The molecule has 0 aromatic carbocycles. The van der Waals surface area contributed by atoms with Gasteiger partial charge in [0.25, 0.3) is 5.91 Å². The standard InChI is InChI=1S/C16H17F3N6O2/c1-20-14(26)12-10-8-25(6-4-11(10)23-24-12)15(27)22-13(16(17,18)19)9-3-2-5-21-7-9/h2-3,5,7,13H,4,6,8H2,1H3,(H,20,26)(H,22,27)(H,23,24).